The van der Waals surface area contributed by atoms with E-state index in [2.05, 4.69) is 20.8 Å². The van der Waals surface area contributed by atoms with Gasteiger partial charge in [-0.3, -0.25) is 9.59 Å². The van der Waals surface area contributed by atoms with Crippen LogP contribution >= 0.6 is 23.2 Å². The Morgan fingerprint density at radius 2 is 1.14 bits per heavy atom. The molecule has 0 amide bonds. The predicted octanol–water partition coefficient (Wildman–Crippen LogP) is 3.05. The summed E-state index contributed by atoms with van der Waals surface area (Å²) in [5.41, 5.74) is 0. The number of carbonyl (C=O) groups excluding carboxylic acids is 2. The van der Waals surface area contributed by atoms with Gasteiger partial charge in [0, 0.05) is 0 Å². The molecule has 78 valence electrons. The van der Waals surface area contributed by atoms with E-state index in [0.717, 1.165) is 18.1 Å². The maximum Gasteiger partial charge on any atom is 0.198 e. The third-order valence-electron chi connectivity index (χ3n) is 1.01. The van der Waals surface area contributed by atoms with Crippen LogP contribution in [-0.4, -0.2) is 11.6 Å². The van der Waals surface area contributed by atoms with Crippen LogP contribution in [0, 0.1) is 5.92 Å². The van der Waals surface area contributed by atoms with Crippen LogP contribution in [0.3, 0.4) is 0 Å². The van der Waals surface area contributed by atoms with E-state index in [-0.39, 0.29) is 10.1 Å². The highest BCUT2D eigenvalue weighted by Gasteiger charge is 2.18. The maximum atomic E-state index is 10.6. The zero-order valence-electron chi connectivity index (χ0n) is 8.30. The van der Waals surface area contributed by atoms with Crippen LogP contribution in [0.15, 0.2) is 22.2 Å². The Balaban J connectivity index is 0.000000364. The van der Waals surface area contributed by atoms with E-state index in [1.807, 2.05) is 0 Å². The molecular weight excluding hydrogens is 223 g/mol. The van der Waals surface area contributed by atoms with Gasteiger partial charge in [-0.15, -0.1) is 0 Å². The fourth-order valence-electron chi connectivity index (χ4n) is 0.514. The van der Waals surface area contributed by atoms with Gasteiger partial charge in [-0.1, -0.05) is 44.0 Å². The van der Waals surface area contributed by atoms with Gasteiger partial charge in [0.05, 0.1) is 0 Å². The molecule has 2 nitrogen and oxygen atoms in total. The molecule has 1 rings (SSSR count). The monoisotopic (exact) mass is 234 g/mol. The number of hydrogen-bond donors (Lipinski definition) is 0. The van der Waals surface area contributed by atoms with E-state index in [4.69, 9.17) is 23.2 Å². The van der Waals surface area contributed by atoms with Gasteiger partial charge < -0.3 is 0 Å². The topological polar surface area (TPSA) is 34.1 Å². The van der Waals surface area contributed by atoms with Crippen molar-refractivity contribution >= 4 is 34.8 Å². The van der Waals surface area contributed by atoms with Gasteiger partial charge in [0.25, 0.3) is 0 Å². The third-order valence-corrected chi connectivity index (χ3v) is 1.86. The largest absolute Gasteiger partial charge is 0.288 e. The van der Waals surface area contributed by atoms with Crippen molar-refractivity contribution < 1.29 is 9.59 Å². The first-order chi connectivity index (χ1) is 6.36. The molecule has 1 aliphatic rings. The first-order valence-corrected chi connectivity index (χ1v) is 4.93. The highest BCUT2D eigenvalue weighted by Crippen LogP contribution is 2.20. The van der Waals surface area contributed by atoms with Gasteiger partial charge in [0.1, 0.15) is 10.1 Å². The standard InChI is InChI=1S/C6H2Cl2O2.C4H10/c7-5-3(9)1-2-4(10)6(5)8;1-4(2)3/h1-2H;4H,1-3H3. The fraction of sp³-hybridized carbons (Fsp3) is 0.400. The lowest BCUT2D eigenvalue weighted by Crippen LogP contribution is -2.07. The maximum absolute atomic E-state index is 10.6. The van der Waals surface area contributed by atoms with Gasteiger partial charge in [-0.2, -0.15) is 0 Å². The summed E-state index contributed by atoms with van der Waals surface area (Å²) in [6.07, 6.45) is 2.19. The SMILES string of the molecule is CC(C)C.O=C1C=CC(=O)C(Cl)=C1Cl. The minimum absolute atomic E-state index is 0.200. The zero-order chi connectivity index (χ0) is 11.3. The van der Waals surface area contributed by atoms with Crippen LogP contribution in [0.25, 0.3) is 0 Å². The first-order valence-electron chi connectivity index (χ1n) is 4.18. The second-order valence-corrected chi connectivity index (χ2v) is 4.18. The lowest BCUT2D eigenvalue weighted by atomic mass is 10.2. The summed E-state index contributed by atoms with van der Waals surface area (Å²) in [6, 6.07) is 0. The number of allylic oxidation sites excluding steroid dienone is 4. The summed E-state index contributed by atoms with van der Waals surface area (Å²) in [4.78, 5) is 21.3. The van der Waals surface area contributed by atoms with Crippen molar-refractivity contribution in [1.82, 2.24) is 0 Å². The van der Waals surface area contributed by atoms with Crippen LogP contribution in [0.4, 0.5) is 0 Å². The molecule has 4 heteroatoms. The summed E-state index contributed by atoms with van der Waals surface area (Å²) >= 11 is 10.7. The van der Waals surface area contributed by atoms with Crippen LogP contribution in [0.5, 0.6) is 0 Å². The highest BCUT2D eigenvalue weighted by atomic mass is 35.5. The molecule has 0 aliphatic heterocycles. The number of ketones is 2. The van der Waals surface area contributed by atoms with Gasteiger partial charge in [-0.25, -0.2) is 0 Å². The Morgan fingerprint density at radius 3 is 1.36 bits per heavy atom. The molecule has 0 aromatic rings. The van der Waals surface area contributed by atoms with Crippen molar-refractivity contribution in [3.8, 4) is 0 Å². The summed E-state index contributed by atoms with van der Waals surface area (Å²) in [5, 5.41) is -0.400. The molecule has 1 aliphatic carbocycles. The lowest BCUT2D eigenvalue weighted by Gasteiger charge is -2.00. The average molecular weight is 235 g/mol. The Labute approximate surface area is 93.6 Å². The summed E-state index contributed by atoms with van der Waals surface area (Å²) in [5.74, 6) is -0.0162. The third kappa shape index (κ3) is 4.58. The van der Waals surface area contributed by atoms with Crippen molar-refractivity contribution in [3.63, 3.8) is 0 Å². The molecule has 0 heterocycles. The van der Waals surface area contributed by atoms with E-state index in [0.29, 0.717) is 0 Å². The summed E-state index contributed by atoms with van der Waals surface area (Å²) in [6.45, 7) is 6.50. The molecule has 0 N–H and O–H groups in total. The quantitative estimate of drug-likeness (QED) is 0.604. The number of hydrogen-bond acceptors (Lipinski definition) is 2. The molecular formula is C10H12Cl2O2. The molecule has 0 radical (unpaired) electrons. The molecule has 0 saturated carbocycles. The Morgan fingerprint density at radius 1 is 0.929 bits per heavy atom. The van der Waals surface area contributed by atoms with Crippen molar-refractivity contribution in [3.05, 3.63) is 22.2 Å². The minimum atomic E-state index is -0.425. The van der Waals surface area contributed by atoms with Gasteiger partial charge in [0.15, 0.2) is 11.6 Å². The average Bonchev–Trinajstić information content (AvgIpc) is 2.07. The van der Waals surface area contributed by atoms with Crippen molar-refractivity contribution in [1.29, 1.82) is 0 Å². The fourth-order valence-corrected chi connectivity index (χ4v) is 0.826. The van der Waals surface area contributed by atoms with Gasteiger partial charge in [-0.05, 0) is 18.1 Å². The first kappa shape index (κ1) is 13.4. The zero-order valence-corrected chi connectivity index (χ0v) is 9.82. The normalized spacial score (nSPS) is 15.9. The summed E-state index contributed by atoms with van der Waals surface area (Å²) in [7, 11) is 0. The molecule has 0 atom stereocenters. The molecule has 0 bridgehead atoms. The number of halogens is 2. The molecule has 0 aromatic carbocycles. The molecule has 14 heavy (non-hydrogen) atoms. The molecule has 0 saturated heterocycles. The van der Waals surface area contributed by atoms with Crippen LogP contribution < -0.4 is 0 Å². The van der Waals surface area contributed by atoms with E-state index >= 15 is 0 Å². The predicted molar refractivity (Wildman–Crippen MR) is 58.4 cm³/mol. The Hall–Kier alpha value is -0.600. The van der Waals surface area contributed by atoms with Crippen LogP contribution in [0.2, 0.25) is 0 Å². The van der Waals surface area contributed by atoms with E-state index in [1.54, 1.807) is 0 Å². The summed E-state index contributed by atoms with van der Waals surface area (Å²) < 4.78 is 0. The number of carbonyl (C=O) groups is 2. The molecule has 0 spiro atoms. The molecule has 0 fully saturated rings. The van der Waals surface area contributed by atoms with Crippen molar-refractivity contribution in [2.75, 3.05) is 0 Å². The molecule has 0 aromatic heterocycles. The second-order valence-electron chi connectivity index (χ2n) is 3.42. The minimum Gasteiger partial charge on any atom is -0.288 e. The van der Waals surface area contributed by atoms with Crippen LogP contribution in [-0.2, 0) is 9.59 Å². The molecule has 0 unspecified atom stereocenters. The number of rotatable bonds is 0. The van der Waals surface area contributed by atoms with Crippen molar-refractivity contribution in [2.24, 2.45) is 5.92 Å². The second kappa shape index (κ2) is 5.99. The van der Waals surface area contributed by atoms with E-state index in [1.165, 1.54) is 0 Å². The van der Waals surface area contributed by atoms with Gasteiger partial charge >= 0.3 is 0 Å². The Kier molecular flexibility index (Phi) is 5.73. The van der Waals surface area contributed by atoms with Gasteiger partial charge in [0.2, 0.25) is 0 Å². The van der Waals surface area contributed by atoms with E-state index < -0.39 is 11.6 Å². The van der Waals surface area contributed by atoms with E-state index in [9.17, 15) is 9.59 Å². The van der Waals surface area contributed by atoms with Crippen LogP contribution in [0.1, 0.15) is 20.8 Å². The van der Waals surface area contributed by atoms with Crippen molar-refractivity contribution in [2.45, 2.75) is 20.8 Å². The Bertz CT molecular complexity index is 272. The smallest absolute Gasteiger partial charge is 0.198 e. The lowest BCUT2D eigenvalue weighted by molar-refractivity contribution is -0.114. The highest BCUT2D eigenvalue weighted by molar-refractivity contribution is 6.57.